The van der Waals surface area contributed by atoms with Crippen molar-refractivity contribution in [2.24, 2.45) is 5.10 Å². The quantitative estimate of drug-likeness (QED) is 0.391. The Morgan fingerprint density at radius 2 is 1.97 bits per heavy atom. The van der Waals surface area contributed by atoms with Crippen LogP contribution in [0.3, 0.4) is 0 Å². The van der Waals surface area contributed by atoms with Crippen LogP contribution in [0.25, 0.3) is 5.69 Å². The molecular weight excluding hydrogens is 435 g/mol. The monoisotopic (exact) mass is 456 g/mol. The number of para-hydroxylation sites is 1. The number of nitrogens with zero attached hydrogens (tertiary/aromatic N) is 3. The van der Waals surface area contributed by atoms with Crippen LogP contribution in [0, 0.1) is 0 Å². The number of rotatable bonds is 7. The molecule has 4 rings (SSSR count). The van der Waals surface area contributed by atoms with E-state index in [1.807, 2.05) is 41.9 Å². The Bertz CT molecular complexity index is 1100. The maximum absolute atomic E-state index is 12.8. The van der Waals surface area contributed by atoms with E-state index in [1.165, 1.54) is 6.21 Å². The van der Waals surface area contributed by atoms with Crippen molar-refractivity contribution in [1.82, 2.24) is 15.2 Å². The minimum atomic E-state index is -0.343. The number of ether oxygens (including phenoxy) is 1. The summed E-state index contributed by atoms with van der Waals surface area (Å²) >= 11 is 12.5. The van der Waals surface area contributed by atoms with Crippen LogP contribution >= 0.6 is 23.2 Å². The molecule has 0 unspecified atom stereocenters. The Morgan fingerprint density at radius 3 is 2.68 bits per heavy atom. The molecule has 1 aliphatic rings. The largest absolute Gasteiger partial charge is 0.490 e. The van der Waals surface area contributed by atoms with Crippen molar-refractivity contribution in [3.8, 4) is 11.4 Å². The maximum atomic E-state index is 12.8. The summed E-state index contributed by atoms with van der Waals surface area (Å²) < 4.78 is 7.42. The lowest BCUT2D eigenvalue weighted by Crippen LogP contribution is -2.20. The summed E-state index contributed by atoms with van der Waals surface area (Å²) in [5.74, 6) is 0.109. The number of nitrogens with one attached hydrogen (secondary N) is 1. The Hall–Kier alpha value is -2.83. The van der Waals surface area contributed by atoms with E-state index < -0.39 is 0 Å². The van der Waals surface area contributed by atoms with E-state index in [1.54, 1.807) is 12.1 Å². The minimum absolute atomic E-state index is 0.343. The third-order valence-corrected chi connectivity index (χ3v) is 5.56. The molecule has 2 aromatic carbocycles. The molecule has 0 spiro atoms. The van der Waals surface area contributed by atoms with Crippen LogP contribution in [0.5, 0.6) is 5.75 Å². The number of hydrazone groups is 1. The van der Waals surface area contributed by atoms with Crippen molar-refractivity contribution in [1.29, 1.82) is 0 Å². The summed E-state index contributed by atoms with van der Waals surface area (Å²) in [6.45, 7) is 2.53. The highest BCUT2D eigenvalue weighted by molar-refractivity contribution is 6.37. The standard InChI is InChI=1S/C23H22Cl2N4O2/c1-2-11-31-22-18(24)12-15(13-19(22)25)14-26-27-23(30)21-17-9-6-10-20(17)29(28-21)16-7-4-3-5-8-16/h3-5,7-8,12-14H,2,6,9-11H2,1H3,(H,27,30)/b26-14+. The van der Waals surface area contributed by atoms with Crippen molar-refractivity contribution in [3.05, 3.63) is 75.0 Å². The fraction of sp³-hybridized carbons (Fsp3) is 0.261. The Labute approximate surface area is 190 Å². The first kappa shape index (κ1) is 21.4. The van der Waals surface area contributed by atoms with Gasteiger partial charge in [-0.15, -0.1) is 0 Å². The molecule has 0 saturated heterocycles. The van der Waals surface area contributed by atoms with Gasteiger partial charge in [0.05, 0.1) is 28.6 Å². The Morgan fingerprint density at radius 1 is 1.23 bits per heavy atom. The molecule has 0 fully saturated rings. The third kappa shape index (κ3) is 4.60. The molecule has 0 aliphatic heterocycles. The smallest absolute Gasteiger partial charge is 0.292 e. The van der Waals surface area contributed by atoms with Crippen LogP contribution < -0.4 is 10.2 Å². The number of carbonyl (C=O) groups excluding carboxylic acids is 1. The first-order valence-electron chi connectivity index (χ1n) is 10.2. The van der Waals surface area contributed by atoms with E-state index >= 15 is 0 Å². The zero-order chi connectivity index (χ0) is 21.8. The van der Waals surface area contributed by atoms with Gasteiger partial charge in [-0.3, -0.25) is 4.79 Å². The van der Waals surface area contributed by atoms with Gasteiger partial charge < -0.3 is 4.74 Å². The predicted octanol–water partition coefficient (Wildman–Crippen LogP) is 5.22. The van der Waals surface area contributed by atoms with Crippen molar-refractivity contribution in [2.45, 2.75) is 32.6 Å². The van der Waals surface area contributed by atoms with Crippen LogP contribution in [-0.4, -0.2) is 28.5 Å². The van der Waals surface area contributed by atoms with Crippen LogP contribution in [0.1, 0.15) is 47.1 Å². The summed E-state index contributed by atoms with van der Waals surface area (Å²) in [5.41, 5.74) is 6.64. The third-order valence-electron chi connectivity index (χ3n) is 5.00. The lowest BCUT2D eigenvalue weighted by molar-refractivity contribution is 0.0949. The average molecular weight is 457 g/mol. The molecule has 0 saturated carbocycles. The molecule has 0 radical (unpaired) electrons. The highest BCUT2D eigenvalue weighted by Gasteiger charge is 2.26. The lowest BCUT2D eigenvalue weighted by Gasteiger charge is -2.09. The summed E-state index contributed by atoms with van der Waals surface area (Å²) in [5, 5.41) is 9.43. The van der Waals surface area contributed by atoms with Gasteiger partial charge in [0.1, 0.15) is 0 Å². The van der Waals surface area contributed by atoms with Gasteiger partial charge >= 0.3 is 0 Å². The summed E-state index contributed by atoms with van der Waals surface area (Å²) in [7, 11) is 0. The molecule has 0 bridgehead atoms. The number of benzene rings is 2. The number of carbonyl (C=O) groups is 1. The molecule has 1 aromatic heterocycles. The molecule has 8 heteroatoms. The second-order valence-electron chi connectivity index (χ2n) is 7.24. The van der Waals surface area contributed by atoms with Crippen molar-refractivity contribution < 1.29 is 9.53 Å². The number of aromatic nitrogens is 2. The van der Waals surface area contributed by atoms with Gasteiger partial charge in [0, 0.05) is 11.3 Å². The molecule has 31 heavy (non-hydrogen) atoms. The predicted molar refractivity (Wildman–Crippen MR) is 123 cm³/mol. The number of fused-ring (bicyclic) bond motifs is 1. The SMILES string of the molecule is CCCOc1c(Cl)cc(/C=N/NC(=O)c2nn(-c3ccccc3)c3c2CCC3)cc1Cl. The molecule has 1 amide bonds. The topological polar surface area (TPSA) is 68.5 Å². The molecular formula is C23H22Cl2N4O2. The van der Waals surface area contributed by atoms with Crippen LogP contribution in [0.4, 0.5) is 0 Å². The van der Waals surface area contributed by atoms with Gasteiger partial charge in [0.25, 0.3) is 5.91 Å². The summed E-state index contributed by atoms with van der Waals surface area (Å²) in [6.07, 6.45) is 5.09. The van der Waals surface area contributed by atoms with Gasteiger partial charge in [0.2, 0.25) is 0 Å². The van der Waals surface area contributed by atoms with E-state index in [0.29, 0.717) is 33.7 Å². The van der Waals surface area contributed by atoms with E-state index in [9.17, 15) is 4.79 Å². The van der Waals surface area contributed by atoms with E-state index in [2.05, 4.69) is 15.6 Å². The molecule has 1 aliphatic carbocycles. The summed E-state index contributed by atoms with van der Waals surface area (Å²) in [6, 6.07) is 13.2. The normalized spacial score (nSPS) is 12.9. The number of hydrogen-bond acceptors (Lipinski definition) is 4. The molecule has 160 valence electrons. The zero-order valence-electron chi connectivity index (χ0n) is 17.1. The fourth-order valence-electron chi connectivity index (χ4n) is 3.62. The molecule has 1 N–H and O–H groups in total. The van der Waals surface area contributed by atoms with Crippen LogP contribution in [0.15, 0.2) is 47.6 Å². The molecule has 0 atom stereocenters. The van der Waals surface area contributed by atoms with E-state index in [0.717, 1.165) is 42.6 Å². The van der Waals surface area contributed by atoms with Gasteiger partial charge in [-0.2, -0.15) is 10.2 Å². The van der Waals surface area contributed by atoms with E-state index in [-0.39, 0.29) is 5.91 Å². The molecule has 6 nitrogen and oxygen atoms in total. The number of halogens is 2. The molecule has 3 aromatic rings. The Kier molecular flexibility index (Phi) is 6.59. The first-order chi connectivity index (χ1) is 15.1. The highest BCUT2D eigenvalue weighted by Crippen LogP contribution is 2.34. The minimum Gasteiger partial charge on any atom is -0.490 e. The van der Waals surface area contributed by atoms with Crippen LogP contribution in [0.2, 0.25) is 10.0 Å². The summed E-state index contributed by atoms with van der Waals surface area (Å²) in [4.78, 5) is 12.8. The van der Waals surface area contributed by atoms with Gasteiger partial charge in [-0.1, -0.05) is 48.3 Å². The van der Waals surface area contributed by atoms with Crippen LogP contribution in [-0.2, 0) is 12.8 Å². The molecule has 1 heterocycles. The fourth-order valence-corrected chi connectivity index (χ4v) is 4.23. The van der Waals surface area contributed by atoms with Gasteiger partial charge in [-0.05, 0) is 55.5 Å². The second kappa shape index (κ2) is 9.54. The number of hydrogen-bond donors (Lipinski definition) is 1. The zero-order valence-corrected chi connectivity index (χ0v) is 18.6. The van der Waals surface area contributed by atoms with Crippen molar-refractivity contribution in [3.63, 3.8) is 0 Å². The lowest BCUT2D eigenvalue weighted by atomic mass is 10.2. The van der Waals surface area contributed by atoms with Gasteiger partial charge in [-0.25, -0.2) is 10.1 Å². The van der Waals surface area contributed by atoms with Crippen molar-refractivity contribution >= 4 is 35.3 Å². The van der Waals surface area contributed by atoms with Crippen molar-refractivity contribution in [2.75, 3.05) is 6.61 Å². The average Bonchev–Trinajstić information content (AvgIpc) is 3.36. The second-order valence-corrected chi connectivity index (χ2v) is 8.05. The first-order valence-corrected chi connectivity index (χ1v) is 11.0. The highest BCUT2D eigenvalue weighted by atomic mass is 35.5. The maximum Gasteiger partial charge on any atom is 0.292 e. The van der Waals surface area contributed by atoms with Gasteiger partial charge in [0.15, 0.2) is 11.4 Å². The number of amides is 1. The van der Waals surface area contributed by atoms with E-state index in [4.69, 9.17) is 27.9 Å². The Balaban J connectivity index is 1.50.